The summed E-state index contributed by atoms with van der Waals surface area (Å²) >= 11 is 0. The van der Waals surface area contributed by atoms with Crippen LogP contribution in [0.1, 0.15) is 78.1 Å². The fourth-order valence-corrected chi connectivity index (χ4v) is 9.59. The highest BCUT2D eigenvalue weighted by atomic mass is 31.2. The van der Waals surface area contributed by atoms with E-state index in [-0.39, 0.29) is 0 Å². The molecule has 0 saturated heterocycles. The van der Waals surface area contributed by atoms with Crippen LogP contribution in [0, 0.1) is 0 Å². The van der Waals surface area contributed by atoms with Gasteiger partial charge in [-0.25, -0.2) is 4.52 Å². The van der Waals surface area contributed by atoms with Gasteiger partial charge in [0.1, 0.15) is 0 Å². The van der Waals surface area contributed by atoms with E-state index in [1.807, 2.05) is 0 Å². The molecule has 1 nitrogen and oxygen atoms in total. The van der Waals surface area contributed by atoms with Crippen molar-refractivity contribution >= 4 is 7.49 Å². The Morgan fingerprint density at radius 2 is 1.22 bits per heavy atom. The summed E-state index contributed by atoms with van der Waals surface area (Å²) in [6.07, 6.45) is 16.0. The van der Waals surface area contributed by atoms with E-state index in [9.17, 15) is 0 Å². The van der Waals surface area contributed by atoms with Crippen molar-refractivity contribution in [1.82, 2.24) is 0 Å². The summed E-state index contributed by atoms with van der Waals surface area (Å²) in [7, 11) is -1.13. The second-order valence-corrected chi connectivity index (χ2v) is 10.2. The molecule has 2 heteroatoms. The van der Waals surface area contributed by atoms with Gasteiger partial charge >= 0.3 is 0 Å². The SMILES string of the molecule is CCO[P+](CC)(C1CCCCC1)C1CCCCC1. The quantitative estimate of drug-likeness (QED) is 0.588. The maximum absolute atomic E-state index is 6.57. The summed E-state index contributed by atoms with van der Waals surface area (Å²) in [6.45, 7) is 5.59. The zero-order chi connectivity index (χ0) is 12.8. The molecule has 0 spiro atoms. The molecule has 0 aromatic rings. The molecule has 0 atom stereocenters. The summed E-state index contributed by atoms with van der Waals surface area (Å²) in [4.78, 5) is 0. The van der Waals surface area contributed by atoms with Gasteiger partial charge in [0.2, 0.25) is 0 Å². The Kier molecular flexibility index (Phi) is 5.96. The average molecular weight is 271 g/mol. The molecule has 0 unspecified atom stereocenters. The van der Waals surface area contributed by atoms with Crippen molar-refractivity contribution in [3.8, 4) is 0 Å². The highest BCUT2D eigenvalue weighted by Crippen LogP contribution is 2.72. The lowest BCUT2D eigenvalue weighted by Crippen LogP contribution is -2.31. The molecule has 0 heterocycles. The topological polar surface area (TPSA) is 9.23 Å². The largest absolute Gasteiger partial charge is 0.238 e. The molecule has 2 saturated carbocycles. The molecule has 2 aliphatic rings. The molecule has 0 aliphatic heterocycles. The maximum Gasteiger partial charge on any atom is 0.151 e. The average Bonchev–Trinajstić information content (AvgIpc) is 2.47. The minimum atomic E-state index is -1.13. The van der Waals surface area contributed by atoms with Gasteiger partial charge in [0.25, 0.3) is 0 Å². The van der Waals surface area contributed by atoms with Crippen LogP contribution in [0.2, 0.25) is 0 Å². The molecule has 0 aromatic carbocycles. The molecular formula is C16H32OP+. The van der Waals surface area contributed by atoms with Gasteiger partial charge in [0.05, 0.1) is 24.1 Å². The molecule has 0 bridgehead atoms. The van der Waals surface area contributed by atoms with Gasteiger partial charge in [-0.15, -0.1) is 0 Å². The first kappa shape index (κ1) is 14.8. The Hall–Kier alpha value is 0.390. The summed E-state index contributed by atoms with van der Waals surface area (Å²) in [5.41, 5.74) is 1.92. The highest BCUT2D eigenvalue weighted by molar-refractivity contribution is 7.72. The van der Waals surface area contributed by atoms with Gasteiger partial charge in [-0.3, -0.25) is 0 Å². The van der Waals surface area contributed by atoms with Crippen LogP contribution in [0.4, 0.5) is 0 Å². The zero-order valence-corrected chi connectivity index (χ0v) is 13.4. The molecule has 18 heavy (non-hydrogen) atoms. The molecule has 106 valence electrons. The van der Waals surface area contributed by atoms with E-state index < -0.39 is 7.49 Å². The molecule has 0 amide bonds. The summed E-state index contributed by atoms with van der Waals surface area (Å²) in [6, 6.07) is 0. The maximum atomic E-state index is 6.57. The first-order valence-electron chi connectivity index (χ1n) is 8.35. The molecule has 0 aromatic heterocycles. The Morgan fingerprint density at radius 3 is 1.56 bits per heavy atom. The molecule has 0 radical (unpaired) electrons. The predicted molar refractivity (Wildman–Crippen MR) is 82.8 cm³/mol. The van der Waals surface area contributed by atoms with Gasteiger partial charge < -0.3 is 0 Å². The monoisotopic (exact) mass is 271 g/mol. The number of rotatable bonds is 5. The van der Waals surface area contributed by atoms with E-state index in [0.29, 0.717) is 0 Å². The first-order valence-corrected chi connectivity index (χ1v) is 10.4. The minimum Gasteiger partial charge on any atom is -0.238 e. The Labute approximate surface area is 114 Å². The minimum absolute atomic E-state index is 0.953. The highest BCUT2D eigenvalue weighted by Gasteiger charge is 2.52. The normalized spacial score (nSPS) is 24.3. The fourth-order valence-electron chi connectivity index (χ4n) is 4.39. The van der Waals surface area contributed by atoms with E-state index in [1.54, 1.807) is 0 Å². The number of hydrogen-bond donors (Lipinski definition) is 0. The lowest BCUT2D eigenvalue weighted by molar-refractivity contribution is 0.327. The van der Waals surface area contributed by atoms with Gasteiger partial charge in [-0.05, 0) is 65.2 Å². The third-order valence-electron chi connectivity index (χ3n) is 5.25. The lowest BCUT2D eigenvalue weighted by Gasteiger charge is -2.41. The van der Waals surface area contributed by atoms with Crippen LogP contribution in [0.5, 0.6) is 0 Å². The third-order valence-corrected chi connectivity index (χ3v) is 10.5. The van der Waals surface area contributed by atoms with Crippen LogP contribution in [0.3, 0.4) is 0 Å². The van der Waals surface area contributed by atoms with Gasteiger partial charge in [-0.1, -0.05) is 12.8 Å². The standard InChI is InChI=1S/C16H32OP/c1-3-17-18(4-2,15-11-7-5-8-12-15)16-13-9-6-10-14-16/h15-16H,3-14H2,1-2H3/q+1. The van der Waals surface area contributed by atoms with Crippen LogP contribution in [-0.2, 0) is 4.52 Å². The summed E-state index contributed by atoms with van der Waals surface area (Å²) in [5.74, 6) is 0. The molecule has 0 N–H and O–H groups in total. The second-order valence-electron chi connectivity index (χ2n) is 6.17. The predicted octanol–water partition coefficient (Wildman–Crippen LogP) is 5.64. The molecular weight excluding hydrogens is 239 g/mol. The molecule has 2 fully saturated rings. The summed E-state index contributed by atoms with van der Waals surface area (Å²) in [5, 5.41) is 0. The van der Waals surface area contributed by atoms with Gasteiger partial charge in [-0.2, -0.15) is 0 Å². The van der Waals surface area contributed by atoms with Crippen molar-refractivity contribution < 1.29 is 4.52 Å². The number of hydrogen-bond acceptors (Lipinski definition) is 1. The van der Waals surface area contributed by atoms with Crippen molar-refractivity contribution in [3.63, 3.8) is 0 Å². The Morgan fingerprint density at radius 1 is 0.778 bits per heavy atom. The van der Waals surface area contributed by atoms with Gasteiger partial charge in [0.15, 0.2) is 7.49 Å². The van der Waals surface area contributed by atoms with E-state index in [1.165, 1.54) is 70.4 Å². The Balaban J connectivity index is 2.13. The van der Waals surface area contributed by atoms with Crippen LogP contribution in [0.25, 0.3) is 0 Å². The van der Waals surface area contributed by atoms with Crippen molar-refractivity contribution in [2.75, 3.05) is 12.8 Å². The zero-order valence-electron chi connectivity index (χ0n) is 12.5. The van der Waals surface area contributed by atoms with Crippen LogP contribution >= 0.6 is 7.49 Å². The smallest absolute Gasteiger partial charge is 0.151 e. The Bertz CT molecular complexity index is 211. The van der Waals surface area contributed by atoms with Crippen molar-refractivity contribution in [2.45, 2.75) is 89.4 Å². The summed E-state index contributed by atoms with van der Waals surface area (Å²) < 4.78 is 6.57. The van der Waals surface area contributed by atoms with Gasteiger partial charge in [0, 0.05) is 0 Å². The van der Waals surface area contributed by atoms with Crippen LogP contribution in [-0.4, -0.2) is 24.1 Å². The lowest BCUT2D eigenvalue weighted by atomic mass is 9.99. The van der Waals surface area contributed by atoms with E-state index >= 15 is 0 Å². The third kappa shape index (κ3) is 3.10. The van der Waals surface area contributed by atoms with Crippen molar-refractivity contribution in [2.24, 2.45) is 0 Å². The molecule has 2 aliphatic carbocycles. The molecule has 2 rings (SSSR count). The first-order chi connectivity index (χ1) is 8.83. The fraction of sp³-hybridized carbons (Fsp3) is 1.00. The van der Waals surface area contributed by atoms with Crippen LogP contribution in [0.15, 0.2) is 0 Å². The second kappa shape index (κ2) is 7.25. The van der Waals surface area contributed by atoms with Crippen molar-refractivity contribution in [1.29, 1.82) is 0 Å². The van der Waals surface area contributed by atoms with E-state index in [2.05, 4.69) is 13.8 Å². The van der Waals surface area contributed by atoms with E-state index in [4.69, 9.17) is 4.52 Å². The van der Waals surface area contributed by atoms with Crippen LogP contribution < -0.4 is 0 Å². The van der Waals surface area contributed by atoms with E-state index in [0.717, 1.165) is 17.9 Å². The van der Waals surface area contributed by atoms with Crippen molar-refractivity contribution in [3.05, 3.63) is 0 Å².